The molecule has 10 unspecified atom stereocenters. The van der Waals surface area contributed by atoms with Crippen molar-refractivity contribution >= 4 is 5.97 Å². The van der Waals surface area contributed by atoms with E-state index in [1.165, 1.54) is 50.5 Å². The van der Waals surface area contributed by atoms with Crippen LogP contribution >= 0.6 is 0 Å². The van der Waals surface area contributed by atoms with Crippen molar-refractivity contribution in [3.63, 3.8) is 0 Å². The number of carbonyl (C=O) groups excluding carboxylic acids is 1. The van der Waals surface area contributed by atoms with Crippen LogP contribution in [0.4, 0.5) is 0 Å². The Morgan fingerprint density at radius 1 is 0.830 bits per heavy atom. The molecule has 0 aromatic heterocycles. The van der Waals surface area contributed by atoms with Crippen LogP contribution in [-0.4, -0.2) is 18.2 Å². The molecule has 4 saturated carbocycles. The second-order valence-corrected chi connectivity index (χ2v) is 17.3. The first-order valence-corrected chi connectivity index (χ1v) is 19.1. The normalized spacial score (nSPS) is 35.5. The number of rotatable bonds is 11. The number of fused-ring (bicyclic) bond motifs is 5. The summed E-state index contributed by atoms with van der Waals surface area (Å²) in [6.07, 6.45) is 13.4. The lowest BCUT2D eigenvalue weighted by Gasteiger charge is -2.62. The van der Waals surface area contributed by atoms with Crippen LogP contribution in [0, 0.1) is 66.1 Å². The van der Waals surface area contributed by atoms with E-state index in [1.54, 1.807) is 0 Å². The lowest BCUT2D eigenvalue weighted by atomic mass is 9.43. The molecule has 10 atom stereocenters. The average molecular weight is 643 g/mol. The zero-order valence-corrected chi connectivity index (χ0v) is 30.4. The summed E-state index contributed by atoms with van der Waals surface area (Å²) in [7, 11) is 0. The molecule has 2 aromatic rings. The number of hydrogen-bond acceptors (Lipinski definition) is 4. The van der Waals surface area contributed by atoms with Crippen LogP contribution in [0.5, 0.6) is 0 Å². The third-order valence-electron chi connectivity index (χ3n) is 13.8. The maximum absolute atomic E-state index is 13.2. The standard InChI is InChI=1S/C43H62O4/c1-28(2)11-8-14-31(5)36-17-18-37-35-26-40(47-45-27-32-15-9-12-29(3)23-32)39-25-34(46-41(44)33-16-10-13-30(4)24-33)19-21-43(39,7)38(35)20-22-42(36,37)6/h9-10,12-13,15-16,23-24,28,31,34-40H,8,11,14,17-22,25-27H2,1-7H3. The van der Waals surface area contributed by atoms with Gasteiger partial charge in [0.15, 0.2) is 0 Å². The first-order chi connectivity index (χ1) is 22.5. The van der Waals surface area contributed by atoms with Gasteiger partial charge in [-0.2, -0.15) is 0 Å². The number of benzene rings is 2. The van der Waals surface area contributed by atoms with Gasteiger partial charge in [0.2, 0.25) is 0 Å². The maximum Gasteiger partial charge on any atom is 0.338 e. The zero-order chi connectivity index (χ0) is 33.3. The molecule has 258 valence electrons. The molecule has 0 heterocycles. The predicted molar refractivity (Wildman–Crippen MR) is 190 cm³/mol. The molecule has 4 aliphatic rings. The fraction of sp³-hybridized carbons (Fsp3) is 0.698. The largest absolute Gasteiger partial charge is 0.459 e. The summed E-state index contributed by atoms with van der Waals surface area (Å²) in [5, 5.41) is 0. The molecule has 2 aromatic carbocycles. The van der Waals surface area contributed by atoms with Crippen molar-refractivity contribution in [1.82, 2.24) is 0 Å². The van der Waals surface area contributed by atoms with Crippen LogP contribution in [0.25, 0.3) is 0 Å². The zero-order valence-electron chi connectivity index (χ0n) is 30.4. The molecule has 0 spiro atoms. The van der Waals surface area contributed by atoms with Crippen molar-refractivity contribution in [2.24, 2.45) is 52.3 Å². The summed E-state index contributed by atoms with van der Waals surface area (Å²) in [6, 6.07) is 16.3. The fourth-order valence-electron chi connectivity index (χ4n) is 11.5. The molecule has 0 amide bonds. The summed E-state index contributed by atoms with van der Waals surface area (Å²) in [4.78, 5) is 25.9. The highest BCUT2D eigenvalue weighted by atomic mass is 17.2. The van der Waals surface area contributed by atoms with Gasteiger partial charge in [-0.15, -0.1) is 0 Å². The van der Waals surface area contributed by atoms with Crippen molar-refractivity contribution in [2.75, 3.05) is 0 Å². The Kier molecular flexibility index (Phi) is 10.6. The summed E-state index contributed by atoms with van der Waals surface area (Å²) in [5.74, 6) is 4.67. The molecule has 0 N–H and O–H groups in total. The van der Waals surface area contributed by atoms with Gasteiger partial charge in [0, 0.05) is 0 Å². The minimum atomic E-state index is -0.197. The highest BCUT2D eigenvalue weighted by molar-refractivity contribution is 5.89. The molecule has 0 aliphatic heterocycles. The summed E-state index contributed by atoms with van der Waals surface area (Å²) < 4.78 is 6.24. The Bertz CT molecular complexity index is 1370. The molecule has 0 radical (unpaired) electrons. The van der Waals surface area contributed by atoms with E-state index in [4.69, 9.17) is 14.5 Å². The lowest BCUT2D eigenvalue weighted by Crippen LogP contribution is -2.59. The molecule has 0 saturated heterocycles. The van der Waals surface area contributed by atoms with Crippen molar-refractivity contribution in [3.05, 3.63) is 70.8 Å². The van der Waals surface area contributed by atoms with Gasteiger partial charge < -0.3 is 4.74 Å². The van der Waals surface area contributed by atoms with Crippen LogP contribution in [0.1, 0.15) is 132 Å². The molecular weight excluding hydrogens is 580 g/mol. The van der Waals surface area contributed by atoms with E-state index >= 15 is 0 Å². The van der Waals surface area contributed by atoms with Crippen molar-refractivity contribution in [1.29, 1.82) is 0 Å². The second-order valence-electron chi connectivity index (χ2n) is 17.3. The Morgan fingerprint density at radius 2 is 1.55 bits per heavy atom. The predicted octanol–water partition coefficient (Wildman–Crippen LogP) is 11.1. The Hall–Kier alpha value is -2.17. The monoisotopic (exact) mass is 642 g/mol. The molecule has 6 rings (SSSR count). The Labute approximate surface area is 285 Å². The highest BCUT2D eigenvalue weighted by Gasteiger charge is 2.63. The minimum absolute atomic E-state index is 0.0106. The van der Waals surface area contributed by atoms with Gasteiger partial charge >= 0.3 is 5.97 Å². The third-order valence-corrected chi connectivity index (χ3v) is 13.8. The summed E-state index contributed by atoms with van der Waals surface area (Å²) in [6.45, 7) is 17.1. The van der Waals surface area contributed by atoms with Gasteiger partial charge in [-0.25, -0.2) is 14.6 Å². The van der Waals surface area contributed by atoms with Crippen LogP contribution in [0.3, 0.4) is 0 Å². The van der Waals surface area contributed by atoms with E-state index in [9.17, 15) is 4.79 Å². The highest BCUT2D eigenvalue weighted by Crippen LogP contribution is 2.68. The molecule has 4 aliphatic carbocycles. The van der Waals surface area contributed by atoms with Gasteiger partial charge in [-0.3, -0.25) is 0 Å². The molecule has 47 heavy (non-hydrogen) atoms. The van der Waals surface area contributed by atoms with E-state index in [0.29, 0.717) is 35.3 Å². The Balaban J connectivity index is 1.20. The van der Waals surface area contributed by atoms with Gasteiger partial charge in [0.05, 0.1) is 11.7 Å². The number of ether oxygens (including phenoxy) is 1. The maximum atomic E-state index is 13.2. The lowest BCUT2D eigenvalue weighted by molar-refractivity contribution is -0.365. The fourth-order valence-corrected chi connectivity index (χ4v) is 11.5. The number of aryl methyl sites for hydroxylation is 2. The molecule has 4 fully saturated rings. The number of carbonyl (C=O) groups is 1. The van der Waals surface area contributed by atoms with Gasteiger partial charge in [0.1, 0.15) is 12.7 Å². The molecule has 4 heteroatoms. The smallest absolute Gasteiger partial charge is 0.338 e. The first-order valence-electron chi connectivity index (χ1n) is 19.1. The van der Waals surface area contributed by atoms with Gasteiger partial charge in [-0.05, 0) is 135 Å². The van der Waals surface area contributed by atoms with Crippen LogP contribution in [0.15, 0.2) is 48.5 Å². The number of hydrogen-bond donors (Lipinski definition) is 0. The van der Waals surface area contributed by atoms with Gasteiger partial charge in [0.25, 0.3) is 0 Å². The first kappa shape index (κ1) is 34.7. The summed E-state index contributed by atoms with van der Waals surface area (Å²) >= 11 is 0. The number of esters is 1. The molecule has 4 nitrogen and oxygen atoms in total. The molecule has 0 bridgehead atoms. The SMILES string of the molecule is Cc1cccc(COOC2CC3C4CCC(C(C)CCCC(C)C)C4(C)CCC3C3(C)CCC(OC(=O)c4cccc(C)c4)CC23)c1. The van der Waals surface area contributed by atoms with E-state index in [2.05, 4.69) is 65.8 Å². The van der Waals surface area contributed by atoms with Crippen molar-refractivity contribution in [3.8, 4) is 0 Å². The van der Waals surface area contributed by atoms with E-state index in [0.717, 1.165) is 60.5 Å². The van der Waals surface area contributed by atoms with Crippen LogP contribution in [-0.2, 0) is 21.1 Å². The van der Waals surface area contributed by atoms with E-state index < -0.39 is 0 Å². The minimum Gasteiger partial charge on any atom is -0.459 e. The van der Waals surface area contributed by atoms with E-state index in [-0.39, 0.29) is 23.6 Å². The van der Waals surface area contributed by atoms with Crippen molar-refractivity contribution in [2.45, 2.75) is 138 Å². The topological polar surface area (TPSA) is 44.8 Å². The Morgan fingerprint density at radius 3 is 2.30 bits per heavy atom. The molecular formula is C43H62O4. The quantitative estimate of drug-likeness (QED) is 0.139. The van der Waals surface area contributed by atoms with Crippen LogP contribution < -0.4 is 0 Å². The van der Waals surface area contributed by atoms with Crippen LogP contribution in [0.2, 0.25) is 0 Å². The van der Waals surface area contributed by atoms with E-state index in [1.807, 2.05) is 31.2 Å². The van der Waals surface area contributed by atoms with Crippen molar-refractivity contribution < 1.29 is 19.3 Å². The summed E-state index contributed by atoms with van der Waals surface area (Å²) in [5.41, 5.74) is 4.70. The average Bonchev–Trinajstić information content (AvgIpc) is 3.39. The third kappa shape index (κ3) is 7.25. The second kappa shape index (κ2) is 14.4. The van der Waals surface area contributed by atoms with Gasteiger partial charge in [-0.1, -0.05) is 101 Å².